The van der Waals surface area contributed by atoms with Crippen LogP contribution in [-0.2, 0) is 50.1 Å². The molecule has 0 aromatic heterocycles. The molecule has 1 N–H and O–H groups in total. The van der Waals surface area contributed by atoms with Gasteiger partial charge in [0.25, 0.3) is 0 Å². The Balaban J connectivity index is 1.48. The van der Waals surface area contributed by atoms with E-state index in [4.69, 9.17) is 28.4 Å². The van der Waals surface area contributed by atoms with Crippen LogP contribution in [0.4, 0.5) is 0 Å². The van der Waals surface area contributed by atoms with Crippen molar-refractivity contribution in [2.75, 3.05) is 13.7 Å². The van der Waals surface area contributed by atoms with E-state index in [9.17, 15) is 5.11 Å². The van der Waals surface area contributed by atoms with Gasteiger partial charge < -0.3 is 33.5 Å². The molecule has 5 rings (SSSR count). The normalized spacial score (nSPS) is 23.0. The molecule has 1 saturated carbocycles. The highest BCUT2D eigenvalue weighted by Gasteiger charge is 2.54. The van der Waals surface area contributed by atoms with Crippen molar-refractivity contribution in [1.82, 2.24) is 0 Å². The van der Waals surface area contributed by atoms with Gasteiger partial charge in [0.1, 0.15) is 42.4 Å². The second-order valence-corrected chi connectivity index (χ2v) is 11.0. The Hall–Kier alpha value is -3.82. The minimum Gasteiger partial charge on any atom is -0.497 e. The van der Waals surface area contributed by atoms with Crippen LogP contribution in [0.5, 0.6) is 5.75 Å². The molecule has 0 amide bonds. The van der Waals surface area contributed by atoms with E-state index in [0.29, 0.717) is 13.2 Å². The monoisotopic (exact) mass is 610 g/mol. The maximum atomic E-state index is 11.9. The molecule has 1 fully saturated rings. The fourth-order valence-corrected chi connectivity index (χ4v) is 5.49. The van der Waals surface area contributed by atoms with Crippen molar-refractivity contribution >= 4 is 0 Å². The van der Waals surface area contributed by atoms with Crippen molar-refractivity contribution in [1.29, 1.82) is 0 Å². The molecule has 0 heterocycles. The lowest BCUT2D eigenvalue weighted by Crippen LogP contribution is -2.66. The van der Waals surface area contributed by atoms with Gasteiger partial charge in [0, 0.05) is 0 Å². The van der Waals surface area contributed by atoms with Crippen LogP contribution in [-0.4, -0.2) is 55.4 Å². The van der Waals surface area contributed by atoms with E-state index in [0.717, 1.165) is 28.0 Å². The quantitative estimate of drug-likeness (QED) is 0.150. The number of rotatable bonds is 16. The molecule has 45 heavy (non-hydrogen) atoms. The summed E-state index contributed by atoms with van der Waals surface area (Å²) >= 11 is 0. The SMILES string of the molecule is C=CCO[C@H]1[C@H](O)[C@@H](OCc2ccccc2)[C@@H](OCc2ccccc2)[C@@H](OCc2ccc(OC)cc2)[C@@H]1OCc1ccccc1. The first kappa shape index (κ1) is 32.6. The van der Waals surface area contributed by atoms with Crippen molar-refractivity contribution < 1.29 is 33.5 Å². The fraction of sp³-hybridized carbons (Fsp3) is 0.316. The summed E-state index contributed by atoms with van der Waals surface area (Å²) in [5.41, 5.74) is 3.92. The predicted octanol–water partition coefficient (Wildman–Crippen LogP) is 6.28. The van der Waals surface area contributed by atoms with Crippen molar-refractivity contribution in [2.45, 2.75) is 63.1 Å². The molecule has 236 valence electrons. The molecular formula is C38H42O7. The molecule has 0 saturated heterocycles. The highest BCUT2D eigenvalue weighted by Crippen LogP contribution is 2.34. The maximum Gasteiger partial charge on any atom is 0.118 e. The molecule has 1 aliphatic carbocycles. The summed E-state index contributed by atoms with van der Waals surface area (Å²) in [4.78, 5) is 0. The Bertz CT molecular complexity index is 1400. The zero-order valence-electron chi connectivity index (χ0n) is 25.7. The number of benzene rings is 4. The van der Waals surface area contributed by atoms with Crippen LogP contribution in [0.15, 0.2) is 128 Å². The van der Waals surface area contributed by atoms with Gasteiger partial charge >= 0.3 is 0 Å². The lowest BCUT2D eigenvalue weighted by molar-refractivity contribution is -0.280. The minimum atomic E-state index is -1.07. The second kappa shape index (κ2) is 17.0. The summed E-state index contributed by atoms with van der Waals surface area (Å²) < 4.78 is 38.0. The average Bonchev–Trinajstić information content (AvgIpc) is 3.10. The number of hydrogen-bond donors (Lipinski definition) is 1. The van der Waals surface area contributed by atoms with E-state index in [2.05, 4.69) is 6.58 Å². The van der Waals surface area contributed by atoms with Gasteiger partial charge in [-0.25, -0.2) is 0 Å². The summed E-state index contributed by atoms with van der Waals surface area (Å²) in [6, 6.07) is 37.4. The van der Waals surface area contributed by atoms with Gasteiger partial charge in [-0.2, -0.15) is 0 Å². The lowest BCUT2D eigenvalue weighted by Gasteiger charge is -2.48. The molecule has 0 radical (unpaired) electrons. The van der Waals surface area contributed by atoms with Gasteiger partial charge in [-0.1, -0.05) is 109 Å². The molecule has 6 atom stereocenters. The van der Waals surface area contributed by atoms with Crippen molar-refractivity contribution in [3.05, 3.63) is 150 Å². The van der Waals surface area contributed by atoms with E-state index >= 15 is 0 Å². The van der Waals surface area contributed by atoms with E-state index in [1.165, 1.54) is 0 Å². The van der Waals surface area contributed by atoms with E-state index in [1.807, 2.05) is 115 Å². The summed E-state index contributed by atoms with van der Waals surface area (Å²) in [7, 11) is 1.64. The van der Waals surface area contributed by atoms with E-state index in [-0.39, 0.29) is 19.8 Å². The molecule has 7 heteroatoms. The Morgan fingerprint density at radius 3 is 1.27 bits per heavy atom. The topological polar surface area (TPSA) is 75.6 Å². The van der Waals surface area contributed by atoms with Gasteiger partial charge in [-0.3, -0.25) is 0 Å². The minimum absolute atomic E-state index is 0.221. The van der Waals surface area contributed by atoms with Crippen LogP contribution < -0.4 is 4.74 Å². The second-order valence-electron chi connectivity index (χ2n) is 11.0. The first-order valence-electron chi connectivity index (χ1n) is 15.3. The van der Waals surface area contributed by atoms with Crippen LogP contribution in [0, 0.1) is 0 Å². The standard InChI is InChI=1S/C38H42O7/c1-3-23-41-34-33(39)35(42-24-28-13-7-4-8-14-28)37(44-26-30-17-11-6-12-18-30)38(36(34)43-25-29-15-9-5-10-16-29)45-27-31-19-21-32(40-2)22-20-31/h3-22,33-39H,1,23-27H2,2H3/t33-,34-,35+,36+,37+,38-/m0/s1. The first-order chi connectivity index (χ1) is 22.2. The highest BCUT2D eigenvalue weighted by atomic mass is 16.6. The summed E-state index contributed by atoms with van der Waals surface area (Å²) in [5, 5.41) is 11.9. The molecule has 7 nitrogen and oxygen atoms in total. The van der Waals surface area contributed by atoms with Gasteiger partial charge in [0.15, 0.2) is 0 Å². The molecule has 0 aliphatic heterocycles. The number of ether oxygens (including phenoxy) is 6. The number of aliphatic hydroxyl groups excluding tert-OH is 1. The van der Waals surface area contributed by atoms with Crippen molar-refractivity contribution in [3.63, 3.8) is 0 Å². The molecule has 0 bridgehead atoms. The Morgan fingerprint density at radius 2 is 0.867 bits per heavy atom. The molecule has 4 aromatic carbocycles. The summed E-state index contributed by atoms with van der Waals surface area (Å²) in [5.74, 6) is 0.764. The molecular weight excluding hydrogens is 568 g/mol. The first-order valence-corrected chi connectivity index (χ1v) is 15.3. The van der Waals surface area contributed by atoms with Gasteiger partial charge in [-0.05, 0) is 34.4 Å². The smallest absolute Gasteiger partial charge is 0.118 e. The van der Waals surface area contributed by atoms with Gasteiger partial charge in [0.2, 0.25) is 0 Å². The third-order valence-corrected chi connectivity index (χ3v) is 7.83. The maximum absolute atomic E-state index is 11.9. The lowest BCUT2D eigenvalue weighted by atomic mass is 9.83. The summed E-state index contributed by atoms with van der Waals surface area (Å²) in [6.07, 6.45) is -2.99. The molecule has 0 spiro atoms. The Labute approximate surface area is 265 Å². The number of methoxy groups -OCH3 is 1. The average molecular weight is 611 g/mol. The molecule has 1 aliphatic rings. The number of aliphatic hydroxyl groups is 1. The fourth-order valence-electron chi connectivity index (χ4n) is 5.49. The van der Waals surface area contributed by atoms with Crippen molar-refractivity contribution in [2.24, 2.45) is 0 Å². The Morgan fingerprint density at radius 1 is 0.511 bits per heavy atom. The zero-order chi connectivity index (χ0) is 31.3. The largest absolute Gasteiger partial charge is 0.497 e. The van der Waals surface area contributed by atoms with Crippen LogP contribution in [0.3, 0.4) is 0 Å². The van der Waals surface area contributed by atoms with Gasteiger partial charge in [-0.15, -0.1) is 6.58 Å². The summed E-state index contributed by atoms with van der Waals surface area (Å²) in [6.45, 7) is 5.21. The Kier molecular flexibility index (Phi) is 12.3. The zero-order valence-corrected chi connectivity index (χ0v) is 25.7. The molecule has 4 aromatic rings. The molecule has 0 unspecified atom stereocenters. The van der Waals surface area contributed by atoms with E-state index in [1.54, 1.807) is 13.2 Å². The van der Waals surface area contributed by atoms with Crippen LogP contribution in [0.1, 0.15) is 22.3 Å². The number of hydrogen-bond acceptors (Lipinski definition) is 7. The third-order valence-electron chi connectivity index (χ3n) is 7.83. The van der Waals surface area contributed by atoms with Crippen LogP contribution in [0.2, 0.25) is 0 Å². The van der Waals surface area contributed by atoms with Crippen LogP contribution in [0.25, 0.3) is 0 Å². The highest BCUT2D eigenvalue weighted by molar-refractivity contribution is 5.27. The van der Waals surface area contributed by atoms with Crippen LogP contribution >= 0.6 is 0 Å². The van der Waals surface area contributed by atoms with E-state index < -0.39 is 36.6 Å². The third kappa shape index (κ3) is 9.11. The van der Waals surface area contributed by atoms with Crippen molar-refractivity contribution in [3.8, 4) is 5.75 Å². The predicted molar refractivity (Wildman–Crippen MR) is 173 cm³/mol. The van der Waals surface area contributed by atoms with Gasteiger partial charge in [0.05, 0.1) is 40.1 Å².